The van der Waals surface area contributed by atoms with Crippen LogP contribution in [-0.2, 0) is 6.42 Å². The van der Waals surface area contributed by atoms with Crippen molar-refractivity contribution in [3.8, 4) is 11.5 Å². The van der Waals surface area contributed by atoms with E-state index in [-0.39, 0.29) is 0 Å². The van der Waals surface area contributed by atoms with Crippen LogP contribution < -0.4 is 9.47 Å². The second kappa shape index (κ2) is 5.35. The molecule has 0 radical (unpaired) electrons. The summed E-state index contributed by atoms with van der Waals surface area (Å²) in [6.45, 7) is 2.61. The molecule has 0 aliphatic carbocycles. The minimum atomic E-state index is 0.344. The summed E-state index contributed by atoms with van der Waals surface area (Å²) < 4.78 is 10.8. The monoisotopic (exact) mass is 254 g/mol. The molecular formula is C17H18O2. The Morgan fingerprint density at radius 2 is 1.79 bits per heavy atom. The zero-order valence-corrected chi connectivity index (χ0v) is 11.1. The Kier molecular flexibility index (Phi) is 3.41. The molecule has 98 valence electrons. The molecule has 0 aromatic heterocycles. The third kappa shape index (κ3) is 2.73. The van der Waals surface area contributed by atoms with Crippen molar-refractivity contribution in [2.75, 3.05) is 6.79 Å². The fraction of sp³-hybridized carbons (Fsp3) is 0.294. The van der Waals surface area contributed by atoms with Crippen LogP contribution in [0.2, 0.25) is 0 Å². The second-order valence-electron chi connectivity index (χ2n) is 5.04. The fourth-order valence-electron chi connectivity index (χ4n) is 2.41. The highest BCUT2D eigenvalue weighted by Crippen LogP contribution is 2.35. The highest BCUT2D eigenvalue weighted by atomic mass is 16.7. The van der Waals surface area contributed by atoms with E-state index in [4.69, 9.17) is 9.47 Å². The Bertz CT molecular complexity index is 548. The molecule has 2 heteroatoms. The van der Waals surface area contributed by atoms with Crippen molar-refractivity contribution in [3.05, 3.63) is 59.7 Å². The zero-order valence-electron chi connectivity index (χ0n) is 11.1. The Morgan fingerprint density at radius 3 is 2.63 bits per heavy atom. The first-order chi connectivity index (χ1) is 9.33. The van der Waals surface area contributed by atoms with Crippen LogP contribution >= 0.6 is 0 Å². The van der Waals surface area contributed by atoms with Gasteiger partial charge < -0.3 is 9.47 Å². The molecule has 0 spiro atoms. The van der Waals surface area contributed by atoms with Gasteiger partial charge in [0.05, 0.1) is 0 Å². The van der Waals surface area contributed by atoms with Gasteiger partial charge in [-0.15, -0.1) is 0 Å². The quantitative estimate of drug-likeness (QED) is 0.816. The second-order valence-corrected chi connectivity index (χ2v) is 5.04. The van der Waals surface area contributed by atoms with Gasteiger partial charge in [-0.2, -0.15) is 0 Å². The van der Waals surface area contributed by atoms with Gasteiger partial charge in [0.1, 0.15) is 0 Å². The molecule has 1 aliphatic rings. The lowest BCUT2D eigenvalue weighted by molar-refractivity contribution is 0.174. The Hall–Kier alpha value is -1.96. The average molecular weight is 254 g/mol. The van der Waals surface area contributed by atoms with E-state index in [9.17, 15) is 0 Å². The van der Waals surface area contributed by atoms with Crippen LogP contribution in [0.4, 0.5) is 0 Å². The molecular weight excluding hydrogens is 236 g/mol. The van der Waals surface area contributed by atoms with E-state index in [0.717, 1.165) is 24.3 Å². The maximum Gasteiger partial charge on any atom is 0.231 e. The molecule has 0 bridgehead atoms. The lowest BCUT2D eigenvalue weighted by atomic mass is 9.94. The van der Waals surface area contributed by atoms with Gasteiger partial charge in [0, 0.05) is 0 Å². The summed E-state index contributed by atoms with van der Waals surface area (Å²) in [5.74, 6) is 2.26. The molecule has 2 aromatic carbocycles. The van der Waals surface area contributed by atoms with Crippen LogP contribution in [-0.4, -0.2) is 6.79 Å². The molecule has 3 rings (SSSR count). The Morgan fingerprint density at radius 1 is 1.00 bits per heavy atom. The van der Waals surface area contributed by atoms with E-state index in [1.54, 1.807) is 0 Å². The smallest absolute Gasteiger partial charge is 0.231 e. The van der Waals surface area contributed by atoms with Crippen molar-refractivity contribution in [3.63, 3.8) is 0 Å². The fourth-order valence-corrected chi connectivity index (χ4v) is 2.41. The number of hydrogen-bond donors (Lipinski definition) is 0. The van der Waals surface area contributed by atoms with Crippen LogP contribution in [0.5, 0.6) is 11.5 Å². The molecule has 1 aliphatic heterocycles. The summed E-state index contributed by atoms with van der Waals surface area (Å²) in [4.78, 5) is 0. The minimum Gasteiger partial charge on any atom is -0.454 e. The summed E-state index contributed by atoms with van der Waals surface area (Å²) in [5.41, 5.74) is 2.72. The van der Waals surface area contributed by atoms with Crippen LogP contribution in [0.1, 0.15) is 30.4 Å². The summed E-state index contributed by atoms with van der Waals surface area (Å²) in [5, 5.41) is 0. The van der Waals surface area contributed by atoms with Crippen molar-refractivity contribution in [2.24, 2.45) is 0 Å². The van der Waals surface area contributed by atoms with E-state index >= 15 is 0 Å². The lowest BCUT2D eigenvalue weighted by Crippen LogP contribution is -1.96. The highest BCUT2D eigenvalue weighted by Gasteiger charge is 2.15. The molecule has 1 heterocycles. The normalized spacial score (nSPS) is 14.4. The van der Waals surface area contributed by atoms with Crippen molar-refractivity contribution in [1.82, 2.24) is 0 Å². The number of rotatable bonds is 4. The number of benzene rings is 2. The van der Waals surface area contributed by atoms with Crippen LogP contribution in [0, 0.1) is 0 Å². The number of hydrogen-bond acceptors (Lipinski definition) is 2. The predicted molar refractivity (Wildman–Crippen MR) is 75.7 cm³/mol. The number of fused-ring (bicyclic) bond motifs is 1. The molecule has 0 unspecified atom stereocenters. The van der Waals surface area contributed by atoms with Crippen molar-refractivity contribution < 1.29 is 9.47 Å². The van der Waals surface area contributed by atoms with Crippen LogP contribution in [0.25, 0.3) is 0 Å². The predicted octanol–water partition coefficient (Wildman–Crippen LogP) is 4.15. The molecule has 0 amide bonds. The van der Waals surface area contributed by atoms with Crippen molar-refractivity contribution >= 4 is 0 Å². The average Bonchev–Trinajstić information content (AvgIpc) is 2.93. The van der Waals surface area contributed by atoms with E-state index in [1.807, 2.05) is 6.07 Å². The first kappa shape index (κ1) is 12.1. The Balaban J connectivity index is 1.65. The largest absolute Gasteiger partial charge is 0.454 e. The molecule has 0 saturated heterocycles. The van der Waals surface area contributed by atoms with Gasteiger partial charge >= 0.3 is 0 Å². The molecule has 1 atom stereocenters. The molecule has 2 aromatic rings. The van der Waals surface area contributed by atoms with Gasteiger partial charge in [0.25, 0.3) is 0 Å². The first-order valence-corrected chi connectivity index (χ1v) is 6.76. The molecule has 2 nitrogen and oxygen atoms in total. The van der Waals surface area contributed by atoms with E-state index < -0.39 is 0 Å². The highest BCUT2D eigenvalue weighted by molar-refractivity contribution is 5.45. The molecule has 0 fully saturated rings. The first-order valence-electron chi connectivity index (χ1n) is 6.76. The Labute approximate surface area is 114 Å². The molecule has 0 saturated carbocycles. The van der Waals surface area contributed by atoms with Gasteiger partial charge in [-0.3, -0.25) is 0 Å². The number of ether oxygens (including phenoxy) is 2. The van der Waals surface area contributed by atoms with Gasteiger partial charge in [0.15, 0.2) is 11.5 Å². The van der Waals surface area contributed by atoms with Crippen molar-refractivity contribution in [2.45, 2.75) is 25.7 Å². The van der Waals surface area contributed by atoms with E-state index in [2.05, 4.69) is 49.4 Å². The lowest BCUT2D eigenvalue weighted by Gasteiger charge is -2.12. The van der Waals surface area contributed by atoms with Gasteiger partial charge in [-0.25, -0.2) is 0 Å². The summed E-state index contributed by atoms with van der Waals surface area (Å²) in [6, 6.07) is 16.9. The van der Waals surface area contributed by atoms with Gasteiger partial charge in [0.2, 0.25) is 6.79 Å². The van der Waals surface area contributed by atoms with Crippen LogP contribution in [0.3, 0.4) is 0 Å². The molecule has 0 N–H and O–H groups in total. The summed E-state index contributed by atoms with van der Waals surface area (Å²) >= 11 is 0. The minimum absolute atomic E-state index is 0.344. The van der Waals surface area contributed by atoms with Crippen LogP contribution in [0.15, 0.2) is 48.5 Å². The third-order valence-electron chi connectivity index (χ3n) is 3.67. The maximum absolute atomic E-state index is 5.43. The van der Waals surface area contributed by atoms with Gasteiger partial charge in [-0.05, 0) is 42.0 Å². The summed E-state index contributed by atoms with van der Waals surface area (Å²) in [6.07, 6.45) is 2.25. The van der Waals surface area contributed by atoms with E-state index in [1.165, 1.54) is 11.1 Å². The topological polar surface area (TPSA) is 18.5 Å². The standard InChI is InChI=1S/C17H18O2/c1-13(7-8-14-5-3-2-4-6-14)15-9-10-16-17(11-15)19-12-18-16/h2-6,9-11,13H,7-8,12H2,1H3/t13-/m1/s1. The van der Waals surface area contributed by atoms with Crippen molar-refractivity contribution in [1.29, 1.82) is 0 Å². The third-order valence-corrected chi connectivity index (χ3v) is 3.67. The summed E-state index contributed by atoms with van der Waals surface area (Å²) in [7, 11) is 0. The number of aryl methyl sites for hydroxylation is 1. The van der Waals surface area contributed by atoms with Gasteiger partial charge in [-0.1, -0.05) is 43.3 Å². The maximum atomic E-state index is 5.43. The molecule has 19 heavy (non-hydrogen) atoms. The zero-order chi connectivity index (χ0) is 13.1. The SMILES string of the molecule is C[C@H](CCc1ccccc1)c1ccc2c(c1)OCO2. The van der Waals surface area contributed by atoms with E-state index in [0.29, 0.717) is 12.7 Å².